The zero-order valence-electron chi connectivity index (χ0n) is 13.0. The Kier molecular flexibility index (Phi) is 4.88. The summed E-state index contributed by atoms with van der Waals surface area (Å²) in [7, 11) is 1.61. The number of aliphatic hydroxyl groups excluding tert-OH is 1. The van der Waals surface area contributed by atoms with Crippen molar-refractivity contribution in [2.45, 2.75) is 25.0 Å². The van der Waals surface area contributed by atoms with E-state index in [0.29, 0.717) is 13.2 Å². The van der Waals surface area contributed by atoms with E-state index in [1.165, 1.54) is 22.3 Å². The molecule has 1 aliphatic carbocycles. The molecule has 2 N–H and O–H groups in total. The number of aryl methyl sites for hydroxylation is 2. The van der Waals surface area contributed by atoms with Crippen molar-refractivity contribution in [1.29, 1.82) is 0 Å². The second-order valence-corrected chi connectivity index (χ2v) is 5.85. The molecule has 116 valence electrons. The average molecular weight is 297 g/mol. The number of hydrogen-bond donors (Lipinski definition) is 2. The molecule has 1 aliphatic rings. The minimum Gasteiger partial charge on any atom is -0.389 e. The molecule has 3 rings (SSSR count). The summed E-state index contributed by atoms with van der Waals surface area (Å²) >= 11 is 0. The van der Waals surface area contributed by atoms with Gasteiger partial charge in [-0.05, 0) is 35.1 Å². The van der Waals surface area contributed by atoms with Crippen LogP contribution in [0.2, 0.25) is 0 Å². The van der Waals surface area contributed by atoms with Gasteiger partial charge in [0.15, 0.2) is 0 Å². The number of ether oxygens (including phenoxy) is 1. The summed E-state index contributed by atoms with van der Waals surface area (Å²) in [6.45, 7) is 0.865. The van der Waals surface area contributed by atoms with Gasteiger partial charge in [0.25, 0.3) is 0 Å². The highest BCUT2D eigenvalue weighted by atomic mass is 16.5. The lowest BCUT2D eigenvalue weighted by molar-refractivity contribution is 0.0634. The molecule has 0 fully saturated rings. The predicted molar refractivity (Wildman–Crippen MR) is 88.0 cm³/mol. The zero-order chi connectivity index (χ0) is 15.4. The van der Waals surface area contributed by atoms with Gasteiger partial charge in [0.05, 0.1) is 18.8 Å². The SMILES string of the molecule is COCC(O)CNC1c2ccccc2CCc2ccccc21. The highest BCUT2D eigenvalue weighted by molar-refractivity contribution is 5.44. The van der Waals surface area contributed by atoms with Crippen molar-refractivity contribution < 1.29 is 9.84 Å². The van der Waals surface area contributed by atoms with Crippen molar-refractivity contribution in [2.75, 3.05) is 20.3 Å². The summed E-state index contributed by atoms with van der Waals surface area (Å²) in [6, 6.07) is 17.3. The molecule has 3 heteroatoms. The van der Waals surface area contributed by atoms with Crippen LogP contribution in [-0.4, -0.2) is 31.5 Å². The zero-order valence-corrected chi connectivity index (χ0v) is 13.0. The Morgan fingerprint density at radius 3 is 2.14 bits per heavy atom. The molecule has 0 heterocycles. The number of aliphatic hydroxyl groups is 1. The van der Waals surface area contributed by atoms with E-state index in [1.807, 2.05) is 0 Å². The van der Waals surface area contributed by atoms with Crippen LogP contribution >= 0.6 is 0 Å². The van der Waals surface area contributed by atoms with Gasteiger partial charge in [-0.2, -0.15) is 0 Å². The molecule has 0 amide bonds. The van der Waals surface area contributed by atoms with E-state index in [2.05, 4.69) is 53.8 Å². The highest BCUT2D eigenvalue weighted by Crippen LogP contribution is 2.32. The maximum absolute atomic E-state index is 9.96. The van der Waals surface area contributed by atoms with Crippen molar-refractivity contribution in [1.82, 2.24) is 5.32 Å². The van der Waals surface area contributed by atoms with Crippen LogP contribution in [0.3, 0.4) is 0 Å². The molecular formula is C19H23NO2. The Labute approximate surface area is 131 Å². The molecule has 2 aromatic carbocycles. The number of benzene rings is 2. The second-order valence-electron chi connectivity index (χ2n) is 5.85. The molecule has 0 saturated carbocycles. The topological polar surface area (TPSA) is 41.5 Å². The minimum absolute atomic E-state index is 0.126. The lowest BCUT2D eigenvalue weighted by Crippen LogP contribution is -2.33. The van der Waals surface area contributed by atoms with Gasteiger partial charge in [-0.25, -0.2) is 0 Å². The van der Waals surface area contributed by atoms with Crippen LogP contribution in [0.4, 0.5) is 0 Å². The van der Waals surface area contributed by atoms with Crippen molar-refractivity contribution >= 4 is 0 Å². The van der Waals surface area contributed by atoms with Crippen LogP contribution in [0, 0.1) is 0 Å². The molecule has 1 unspecified atom stereocenters. The normalized spacial score (nSPS) is 15.7. The van der Waals surface area contributed by atoms with Crippen molar-refractivity contribution in [2.24, 2.45) is 0 Å². The maximum atomic E-state index is 9.96. The summed E-state index contributed by atoms with van der Waals surface area (Å²) in [5.41, 5.74) is 5.41. The fraction of sp³-hybridized carbons (Fsp3) is 0.368. The summed E-state index contributed by atoms with van der Waals surface area (Å²) < 4.78 is 5.02. The first-order valence-corrected chi connectivity index (χ1v) is 7.85. The third kappa shape index (κ3) is 3.22. The number of rotatable bonds is 5. The molecule has 0 radical (unpaired) electrons. The van der Waals surface area contributed by atoms with E-state index in [-0.39, 0.29) is 6.04 Å². The first kappa shape index (κ1) is 15.2. The summed E-state index contributed by atoms with van der Waals surface area (Å²) in [5.74, 6) is 0. The Morgan fingerprint density at radius 1 is 1.05 bits per heavy atom. The van der Waals surface area contributed by atoms with Gasteiger partial charge >= 0.3 is 0 Å². The fourth-order valence-corrected chi connectivity index (χ4v) is 3.25. The maximum Gasteiger partial charge on any atom is 0.0897 e. The van der Waals surface area contributed by atoms with Crippen LogP contribution in [0.5, 0.6) is 0 Å². The van der Waals surface area contributed by atoms with Gasteiger partial charge in [0, 0.05) is 13.7 Å². The Balaban J connectivity index is 1.92. The van der Waals surface area contributed by atoms with Gasteiger partial charge in [-0.3, -0.25) is 0 Å². The van der Waals surface area contributed by atoms with Crippen LogP contribution < -0.4 is 5.32 Å². The van der Waals surface area contributed by atoms with Crippen molar-refractivity contribution in [3.05, 3.63) is 70.8 Å². The summed E-state index contributed by atoms with van der Waals surface area (Å²) in [4.78, 5) is 0. The first-order chi connectivity index (χ1) is 10.8. The van der Waals surface area contributed by atoms with E-state index >= 15 is 0 Å². The van der Waals surface area contributed by atoms with Crippen LogP contribution in [0.1, 0.15) is 28.3 Å². The quantitative estimate of drug-likeness (QED) is 0.891. The van der Waals surface area contributed by atoms with Gasteiger partial charge in [0.1, 0.15) is 0 Å². The van der Waals surface area contributed by atoms with Crippen molar-refractivity contribution in [3.63, 3.8) is 0 Å². The van der Waals surface area contributed by atoms with Crippen LogP contribution in [0.15, 0.2) is 48.5 Å². The molecule has 0 saturated heterocycles. The molecule has 0 bridgehead atoms. The fourth-order valence-electron chi connectivity index (χ4n) is 3.25. The Bertz CT molecular complexity index is 579. The van der Waals surface area contributed by atoms with Gasteiger partial charge in [-0.15, -0.1) is 0 Å². The standard InChI is InChI=1S/C19H23NO2/c1-22-13-16(21)12-20-19-17-8-4-2-6-14(17)10-11-15-7-3-5-9-18(15)19/h2-9,16,19-21H,10-13H2,1H3. The lowest BCUT2D eigenvalue weighted by atomic mass is 9.94. The van der Waals surface area contributed by atoms with Gasteiger partial charge < -0.3 is 15.2 Å². The molecular weight excluding hydrogens is 274 g/mol. The largest absolute Gasteiger partial charge is 0.389 e. The highest BCUT2D eigenvalue weighted by Gasteiger charge is 2.23. The number of fused-ring (bicyclic) bond motifs is 2. The summed E-state index contributed by atoms with van der Waals surface area (Å²) in [6.07, 6.45) is 1.63. The van der Waals surface area contributed by atoms with E-state index in [9.17, 15) is 5.11 Å². The van der Waals surface area contributed by atoms with Crippen LogP contribution in [-0.2, 0) is 17.6 Å². The third-order valence-electron chi connectivity index (χ3n) is 4.31. The Hall–Kier alpha value is -1.68. The molecule has 22 heavy (non-hydrogen) atoms. The number of hydrogen-bond acceptors (Lipinski definition) is 3. The molecule has 1 atom stereocenters. The Morgan fingerprint density at radius 2 is 1.59 bits per heavy atom. The van der Waals surface area contributed by atoms with Gasteiger partial charge in [0.2, 0.25) is 0 Å². The van der Waals surface area contributed by atoms with E-state index in [4.69, 9.17) is 4.74 Å². The van der Waals surface area contributed by atoms with E-state index < -0.39 is 6.10 Å². The van der Waals surface area contributed by atoms with E-state index in [0.717, 1.165) is 12.8 Å². The average Bonchev–Trinajstić information content (AvgIpc) is 2.70. The molecule has 0 spiro atoms. The lowest BCUT2D eigenvalue weighted by Gasteiger charge is -2.23. The van der Waals surface area contributed by atoms with Gasteiger partial charge in [-0.1, -0.05) is 48.5 Å². The van der Waals surface area contributed by atoms with E-state index in [1.54, 1.807) is 7.11 Å². The monoisotopic (exact) mass is 297 g/mol. The number of methoxy groups -OCH3 is 1. The minimum atomic E-state index is -0.493. The smallest absolute Gasteiger partial charge is 0.0897 e. The molecule has 0 aliphatic heterocycles. The molecule has 2 aromatic rings. The third-order valence-corrected chi connectivity index (χ3v) is 4.31. The molecule has 0 aromatic heterocycles. The first-order valence-electron chi connectivity index (χ1n) is 7.85. The summed E-state index contributed by atoms with van der Waals surface area (Å²) in [5, 5.41) is 13.5. The second kappa shape index (κ2) is 7.05. The number of nitrogens with one attached hydrogen (secondary N) is 1. The van der Waals surface area contributed by atoms with Crippen LogP contribution in [0.25, 0.3) is 0 Å². The predicted octanol–water partition coefficient (Wildman–Crippen LogP) is 2.47. The van der Waals surface area contributed by atoms with Crippen molar-refractivity contribution in [3.8, 4) is 0 Å². The molecule has 3 nitrogen and oxygen atoms in total.